The molecule has 2 aliphatic rings. The van der Waals surface area contributed by atoms with Crippen molar-refractivity contribution >= 4 is 41.8 Å². The highest BCUT2D eigenvalue weighted by Crippen LogP contribution is 2.21. The summed E-state index contributed by atoms with van der Waals surface area (Å²) in [5.74, 6) is 1.27. The summed E-state index contributed by atoms with van der Waals surface area (Å²) in [7, 11) is 3.52. The Morgan fingerprint density at radius 1 is 1.15 bits per heavy atom. The van der Waals surface area contributed by atoms with Gasteiger partial charge < -0.3 is 21.3 Å². The Balaban J connectivity index is 0.00000385. The molecule has 184 valence electrons. The smallest absolute Gasteiger partial charge is 0.221 e. The number of benzene rings is 1. The van der Waals surface area contributed by atoms with Crippen molar-refractivity contribution in [3.8, 4) is 0 Å². The first-order valence-electron chi connectivity index (χ1n) is 11.7. The second kappa shape index (κ2) is 13.7. The fourth-order valence-electron chi connectivity index (χ4n) is 4.75. The molecule has 0 saturated carbocycles. The predicted molar refractivity (Wildman–Crippen MR) is 142 cm³/mol. The lowest BCUT2D eigenvalue weighted by atomic mass is 9.93. The fourth-order valence-corrected chi connectivity index (χ4v) is 4.75. The van der Waals surface area contributed by atoms with Crippen LogP contribution in [0.5, 0.6) is 0 Å². The van der Waals surface area contributed by atoms with Crippen LogP contribution < -0.4 is 16.4 Å². The molecule has 0 bridgehead atoms. The Morgan fingerprint density at radius 2 is 1.88 bits per heavy atom. The van der Waals surface area contributed by atoms with E-state index < -0.39 is 0 Å². The van der Waals surface area contributed by atoms with Gasteiger partial charge >= 0.3 is 0 Å². The average Bonchev–Trinajstić information content (AvgIpc) is 2.81. The Morgan fingerprint density at radius 3 is 2.55 bits per heavy atom. The van der Waals surface area contributed by atoms with Crippen LogP contribution in [0, 0.1) is 11.8 Å². The molecule has 1 atom stereocenters. The number of aliphatic imine (C=N–C) groups is 1. The minimum absolute atomic E-state index is 0. The van der Waals surface area contributed by atoms with E-state index in [1.807, 2.05) is 7.05 Å². The maximum absolute atomic E-state index is 11.6. The monoisotopic (exact) mass is 570 g/mol. The Labute approximate surface area is 214 Å². The lowest BCUT2D eigenvalue weighted by Crippen LogP contribution is -2.45. The number of nitrogens with one attached hydrogen (secondary N) is 2. The van der Waals surface area contributed by atoms with Gasteiger partial charge in [0.25, 0.3) is 0 Å². The summed E-state index contributed by atoms with van der Waals surface area (Å²) in [4.78, 5) is 32.2. The van der Waals surface area contributed by atoms with Crippen LogP contribution in [0.4, 0.5) is 0 Å². The van der Waals surface area contributed by atoms with Crippen molar-refractivity contribution in [2.45, 2.75) is 45.2 Å². The third kappa shape index (κ3) is 8.44. The quantitative estimate of drug-likeness (QED) is 0.264. The van der Waals surface area contributed by atoms with E-state index in [2.05, 4.69) is 49.7 Å². The van der Waals surface area contributed by atoms with E-state index in [1.165, 1.54) is 11.1 Å². The van der Waals surface area contributed by atoms with Crippen molar-refractivity contribution in [3.63, 3.8) is 0 Å². The van der Waals surface area contributed by atoms with Crippen LogP contribution in [-0.4, -0.2) is 67.8 Å². The van der Waals surface area contributed by atoms with Crippen LogP contribution in [0.3, 0.4) is 0 Å². The summed E-state index contributed by atoms with van der Waals surface area (Å²) < 4.78 is 0. The van der Waals surface area contributed by atoms with Crippen molar-refractivity contribution in [2.24, 2.45) is 22.6 Å². The number of carbonyl (C=O) groups is 2. The third-order valence-corrected chi connectivity index (χ3v) is 6.63. The molecule has 1 aromatic carbocycles. The molecule has 0 radical (unpaired) electrons. The zero-order valence-corrected chi connectivity index (χ0v) is 22.2. The van der Waals surface area contributed by atoms with E-state index >= 15 is 0 Å². The van der Waals surface area contributed by atoms with Crippen LogP contribution in [-0.2, 0) is 22.7 Å². The zero-order valence-electron chi connectivity index (χ0n) is 19.9. The zero-order chi connectivity index (χ0) is 22.9. The van der Waals surface area contributed by atoms with Crippen molar-refractivity contribution in [2.75, 3.05) is 40.3 Å². The molecule has 3 rings (SSSR count). The lowest BCUT2D eigenvalue weighted by molar-refractivity contribution is -0.123. The minimum Gasteiger partial charge on any atom is -0.369 e. The molecule has 2 aliphatic heterocycles. The molecule has 1 aromatic rings. The number of nitrogens with zero attached hydrogens (tertiary/aromatic N) is 3. The van der Waals surface area contributed by atoms with Crippen LogP contribution in [0.1, 0.15) is 43.2 Å². The van der Waals surface area contributed by atoms with Gasteiger partial charge in [-0.3, -0.25) is 19.5 Å². The SMILES string of the molecule is CN=C(NCc1cccc(CN2CCCC(C(N)=O)C2)c1)N1CCC(CC(=O)NC)CC1.I. The summed E-state index contributed by atoms with van der Waals surface area (Å²) in [6.45, 7) is 5.14. The summed E-state index contributed by atoms with van der Waals surface area (Å²) >= 11 is 0. The molecule has 33 heavy (non-hydrogen) atoms. The largest absolute Gasteiger partial charge is 0.369 e. The maximum atomic E-state index is 11.6. The number of hydrogen-bond acceptors (Lipinski definition) is 4. The first-order valence-corrected chi connectivity index (χ1v) is 11.7. The van der Waals surface area contributed by atoms with E-state index in [1.54, 1.807) is 7.05 Å². The molecule has 4 N–H and O–H groups in total. The number of piperidine rings is 2. The second-order valence-corrected chi connectivity index (χ2v) is 9.01. The number of hydrogen-bond donors (Lipinski definition) is 3. The highest BCUT2D eigenvalue weighted by molar-refractivity contribution is 14.0. The molecule has 2 fully saturated rings. The highest BCUT2D eigenvalue weighted by Gasteiger charge is 2.24. The first-order chi connectivity index (χ1) is 15.5. The van der Waals surface area contributed by atoms with E-state index in [0.29, 0.717) is 18.9 Å². The number of guanidine groups is 1. The molecule has 0 aromatic heterocycles. The molecule has 2 amide bonds. The van der Waals surface area contributed by atoms with Crippen LogP contribution in [0.25, 0.3) is 0 Å². The number of likely N-dealkylation sites (tertiary alicyclic amines) is 2. The van der Waals surface area contributed by atoms with Gasteiger partial charge in [0.05, 0.1) is 5.92 Å². The van der Waals surface area contributed by atoms with Crippen molar-refractivity contribution in [1.82, 2.24) is 20.4 Å². The van der Waals surface area contributed by atoms with E-state index in [-0.39, 0.29) is 41.7 Å². The Kier molecular flexibility index (Phi) is 11.4. The molecule has 0 aliphatic carbocycles. The standard InChI is InChI=1S/C24H38N6O2.HI/c1-26-22(31)14-18-8-11-30(12-9-18)24(27-2)28-15-19-5-3-6-20(13-19)16-29-10-4-7-21(17-29)23(25)32;/h3,5-6,13,18,21H,4,7-12,14-17H2,1-2H3,(H2,25,32)(H,26,31)(H,27,28);1H. The Hall–Kier alpha value is -1.88. The number of nitrogens with two attached hydrogens (primary N) is 1. The topological polar surface area (TPSA) is 103 Å². The van der Waals surface area contributed by atoms with Gasteiger partial charge in [-0.1, -0.05) is 24.3 Å². The van der Waals surface area contributed by atoms with E-state index in [0.717, 1.165) is 64.4 Å². The lowest BCUT2D eigenvalue weighted by Gasteiger charge is -2.34. The first kappa shape index (κ1) is 27.4. The van der Waals surface area contributed by atoms with Gasteiger partial charge in [-0.15, -0.1) is 24.0 Å². The summed E-state index contributed by atoms with van der Waals surface area (Å²) in [5, 5.41) is 6.22. The van der Waals surface area contributed by atoms with Crippen molar-refractivity contribution in [3.05, 3.63) is 35.4 Å². The Bertz CT molecular complexity index is 810. The third-order valence-electron chi connectivity index (χ3n) is 6.63. The highest BCUT2D eigenvalue weighted by atomic mass is 127. The molecule has 1 unspecified atom stereocenters. The van der Waals surface area contributed by atoms with Crippen molar-refractivity contribution in [1.29, 1.82) is 0 Å². The van der Waals surface area contributed by atoms with Gasteiger partial charge in [0.2, 0.25) is 11.8 Å². The maximum Gasteiger partial charge on any atom is 0.221 e. The van der Waals surface area contributed by atoms with Gasteiger partial charge in [-0.2, -0.15) is 0 Å². The molecule has 0 spiro atoms. The number of primary amides is 1. The van der Waals surface area contributed by atoms with Crippen LogP contribution in [0.2, 0.25) is 0 Å². The summed E-state index contributed by atoms with van der Waals surface area (Å²) in [6, 6.07) is 8.59. The molecular weight excluding hydrogens is 531 g/mol. The molecule has 9 heteroatoms. The molecule has 8 nitrogen and oxygen atoms in total. The summed E-state index contributed by atoms with van der Waals surface area (Å²) in [6.07, 6.45) is 4.54. The minimum atomic E-state index is -0.184. The van der Waals surface area contributed by atoms with Crippen LogP contribution in [0.15, 0.2) is 29.3 Å². The van der Waals surface area contributed by atoms with Crippen molar-refractivity contribution < 1.29 is 9.59 Å². The van der Waals surface area contributed by atoms with Gasteiger partial charge in [-0.05, 0) is 49.3 Å². The fraction of sp³-hybridized carbons (Fsp3) is 0.625. The van der Waals surface area contributed by atoms with Gasteiger partial charge in [0, 0.05) is 53.2 Å². The average molecular weight is 571 g/mol. The summed E-state index contributed by atoms with van der Waals surface area (Å²) in [5.41, 5.74) is 7.98. The van der Waals surface area contributed by atoms with Gasteiger partial charge in [-0.25, -0.2) is 0 Å². The molecule has 2 heterocycles. The van der Waals surface area contributed by atoms with E-state index in [4.69, 9.17) is 5.73 Å². The number of halogens is 1. The van der Waals surface area contributed by atoms with Gasteiger partial charge in [0.15, 0.2) is 5.96 Å². The number of amides is 2. The molecular formula is C24H39IN6O2. The molecule has 2 saturated heterocycles. The predicted octanol–water partition coefficient (Wildman–Crippen LogP) is 1.93. The normalized spacial score (nSPS) is 20.1. The van der Waals surface area contributed by atoms with Crippen LogP contribution >= 0.6 is 24.0 Å². The second-order valence-electron chi connectivity index (χ2n) is 9.01. The number of carbonyl (C=O) groups excluding carboxylic acids is 2. The number of rotatable bonds is 7. The van der Waals surface area contributed by atoms with E-state index in [9.17, 15) is 9.59 Å². The van der Waals surface area contributed by atoms with Gasteiger partial charge in [0.1, 0.15) is 0 Å².